The topological polar surface area (TPSA) is 35.5 Å². The largest absolute Gasteiger partial charge is 0.483 e. The van der Waals surface area contributed by atoms with Crippen molar-refractivity contribution in [1.29, 1.82) is 0 Å². The first-order chi connectivity index (χ1) is 17.3. The minimum Gasteiger partial charge on any atom is -0.483 e. The molecule has 0 spiro atoms. The van der Waals surface area contributed by atoms with Gasteiger partial charge in [0, 0.05) is 17.7 Å². The number of carbonyl (C=O) groups is 1. The van der Waals surface area contributed by atoms with Crippen LogP contribution in [0.25, 0.3) is 0 Å². The van der Waals surface area contributed by atoms with Gasteiger partial charge >= 0.3 is 5.97 Å². The predicted molar refractivity (Wildman–Crippen MR) is 129 cm³/mol. The molecule has 4 atom stereocenters. The van der Waals surface area contributed by atoms with E-state index in [0.29, 0.717) is 24.2 Å². The van der Waals surface area contributed by atoms with Crippen LogP contribution in [0.3, 0.4) is 0 Å². The maximum absolute atomic E-state index is 15.1. The smallest absolute Gasteiger partial charge is 0.343 e. The number of rotatable bonds is 7. The fraction of sp³-hybridized carbons (Fsp3) is 0.414. The van der Waals surface area contributed by atoms with E-state index in [1.807, 2.05) is 6.92 Å². The van der Waals surface area contributed by atoms with Gasteiger partial charge in [-0.1, -0.05) is 24.8 Å². The van der Waals surface area contributed by atoms with E-state index in [4.69, 9.17) is 9.47 Å². The molecule has 4 rings (SSSR count). The van der Waals surface area contributed by atoms with Crippen molar-refractivity contribution in [3.05, 3.63) is 83.5 Å². The predicted octanol–water partition coefficient (Wildman–Crippen LogP) is 7.90. The Labute approximate surface area is 208 Å². The Hall–Kier alpha value is -3.09. The van der Waals surface area contributed by atoms with E-state index in [2.05, 4.69) is 18.7 Å². The van der Waals surface area contributed by atoms with Crippen molar-refractivity contribution in [3.63, 3.8) is 0 Å². The Morgan fingerprint density at radius 3 is 2.22 bits per heavy atom. The standard InChI is InChI=1S/C29H30F4O3/c1-3-5-17-6-7-19-12-20(9-8-18(19)11-17)27-23(30)13-21(14-24(27)31)29(34)36-22-15-25(32)28(26(33)16-22)35-10-4-2/h3-5,13-20H,2,6-12H2,1H3/b5-3+. The molecule has 0 aliphatic heterocycles. The van der Waals surface area contributed by atoms with Gasteiger partial charge in [0.25, 0.3) is 0 Å². The van der Waals surface area contributed by atoms with Gasteiger partial charge in [0.2, 0.25) is 0 Å². The van der Waals surface area contributed by atoms with E-state index < -0.39 is 40.7 Å². The summed E-state index contributed by atoms with van der Waals surface area (Å²) in [4.78, 5) is 12.5. The minimum atomic E-state index is -1.12. The van der Waals surface area contributed by atoms with Gasteiger partial charge in [-0.2, -0.15) is 0 Å². The molecule has 4 unspecified atom stereocenters. The van der Waals surface area contributed by atoms with Gasteiger partial charge < -0.3 is 9.47 Å². The number of allylic oxidation sites excluding steroid dienone is 2. The Bertz CT molecular complexity index is 1110. The van der Waals surface area contributed by atoms with E-state index in [-0.39, 0.29) is 23.7 Å². The highest BCUT2D eigenvalue weighted by Gasteiger charge is 2.37. The summed E-state index contributed by atoms with van der Waals surface area (Å²) in [6, 6.07) is 3.40. The van der Waals surface area contributed by atoms with Crippen LogP contribution in [-0.2, 0) is 0 Å². The number of fused-ring (bicyclic) bond motifs is 1. The molecule has 3 nitrogen and oxygen atoms in total. The molecule has 192 valence electrons. The third-order valence-electron chi connectivity index (χ3n) is 7.37. The molecule has 2 aliphatic carbocycles. The number of ether oxygens (including phenoxy) is 2. The lowest BCUT2D eigenvalue weighted by molar-refractivity contribution is 0.0732. The fourth-order valence-electron chi connectivity index (χ4n) is 5.77. The normalized spacial score (nSPS) is 23.8. The molecule has 0 saturated heterocycles. The van der Waals surface area contributed by atoms with Gasteiger partial charge in [0.1, 0.15) is 24.0 Å². The number of hydrogen-bond acceptors (Lipinski definition) is 3. The zero-order chi connectivity index (χ0) is 25.8. The Balaban J connectivity index is 1.46. The van der Waals surface area contributed by atoms with Crippen LogP contribution in [0.15, 0.2) is 49.1 Å². The average molecular weight is 503 g/mol. The van der Waals surface area contributed by atoms with E-state index >= 15 is 8.78 Å². The lowest BCUT2D eigenvalue weighted by atomic mass is 9.63. The van der Waals surface area contributed by atoms with Gasteiger partial charge in [-0.15, -0.1) is 0 Å². The third-order valence-corrected chi connectivity index (χ3v) is 7.37. The summed E-state index contributed by atoms with van der Waals surface area (Å²) in [7, 11) is 0. The Kier molecular flexibility index (Phi) is 8.17. The van der Waals surface area contributed by atoms with Gasteiger partial charge in [-0.25, -0.2) is 22.4 Å². The van der Waals surface area contributed by atoms with Crippen molar-refractivity contribution in [2.75, 3.05) is 6.61 Å². The second-order valence-corrected chi connectivity index (χ2v) is 9.69. The second-order valence-electron chi connectivity index (χ2n) is 9.69. The van der Waals surface area contributed by atoms with Crippen molar-refractivity contribution in [3.8, 4) is 11.5 Å². The van der Waals surface area contributed by atoms with Gasteiger partial charge in [-0.05, 0) is 81.3 Å². The highest BCUT2D eigenvalue weighted by molar-refractivity contribution is 5.91. The summed E-state index contributed by atoms with van der Waals surface area (Å²) >= 11 is 0. The van der Waals surface area contributed by atoms with Crippen LogP contribution >= 0.6 is 0 Å². The molecule has 0 amide bonds. The molecule has 2 aromatic carbocycles. The van der Waals surface area contributed by atoms with Crippen LogP contribution in [0, 0.1) is 41.0 Å². The summed E-state index contributed by atoms with van der Waals surface area (Å²) in [5.41, 5.74) is -0.372. The molecular formula is C29H30F4O3. The maximum atomic E-state index is 15.1. The van der Waals surface area contributed by atoms with Crippen LogP contribution in [0.2, 0.25) is 0 Å². The first-order valence-corrected chi connectivity index (χ1v) is 12.4. The van der Waals surface area contributed by atoms with Crippen molar-refractivity contribution in [1.82, 2.24) is 0 Å². The summed E-state index contributed by atoms with van der Waals surface area (Å²) in [6.45, 7) is 5.31. The molecule has 2 aromatic rings. The number of hydrogen-bond donors (Lipinski definition) is 0. The van der Waals surface area contributed by atoms with Gasteiger partial charge in [-0.3, -0.25) is 0 Å². The molecule has 2 saturated carbocycles. The van der Waals surface area contributed by atoms with E-state index in [0.717, 1.165) is 56.4 Å². The van der Waals surface area contributed by atoms with Crippen LogP contribution in [0.4, 0.5) is 17.6 Å². The molecule has 0 N–H and O–H groups in total. The Morgan fingerprint density at radius 1 is 0.944 bits per heavy atom. The molecule has 0 aromatic heterocycles. The number of benzene rings is 2. The SMILES string of the molecule is C=CCOc1c(F)cc(OC(=O)c2cc(F)c(C3CCC4CC(/C=C/C)CCC4C3)c(F)c2)cc1F. The third kappa shape index (κ3) is 5.66. The molecule has 2 aliphatic rings. The molecule has 0 heterocycles. The van der Waals surface area contributed by atoms with Crippen LogP contribution in [0.1, 0.15) is 67.3 Å². The first kappa shape index (κ1) is 26.0. The highest BCUT2D eigenvalue weighted by atomic mass is 19.1. The Morgan fingerprint density at radius 2 is 1.58 bits per heavy atom. The lowest BCUT2D eigenvalue weighted by Crippen LogP contribution is -2.30. The van der Waals surface area contributed by atoms with E-state index in [9.17, 15) is 13.6 Å². The summed E-state index contributed by atoms with van der Waals surface area (Å²) in [6.07, 6.45) is 11.3. The monoisotopic (exact) mass is 502 g/mol. The summed E-state index contributed by atoms with van der Waals surface area (Å²) in [5, 5.41) is 0. The number of carbonyl (C=O) groups excluding carboxylic acids is 1. The molecule has 0 bridgehead atoms. The van der Waals surface area contributed by atoms with Gasteiger partial charge in [0.05, 0.1) is 5.56 Å². The number of halogens is 4. The van der Waals surface area contributed by atoms with Gasteiger partial charge in [0.15, 0.2) is 17.4 Å². The molecule has 7 heteroatoms. The second kappa shape index (κ2) is 11.3. The summed E-state index contributed by atoms with van der Waals surface area (Å²) in [5.74, 6) is -4.63. The molecule has 36 heavy (non-hydrogen) atoms. The number of esters is 1. The average Bonchev–Trinajstić information content (AvgIpc) is 2.83. The zero-order valence-electron chi connectivity index (χ0n) is 20.2. The molecule has 0 radical (unpaired) electrons. The fourth-order valence-corrected chi connectivity index (χ4v) is 5.77. The van der Waals surface area contributed by atoms with Crippen molar-refractivity contribution in [2.24, 2.45) is 17.8 Å². The summed E-state index contributed by atoms with van der Waals surface area (Å²) < 4.78 is 68.3. The van der Waals surface area contributed by atoms with Crippen molar-refractivity contribution >= 4 is 5.97 Å². The lowest BCUT2D eigenvalue weighted by Gasteiger charge is -2.42. The van der Waals surface area contributed by atoms with Crippen molar-refractivity contribution < 1.29 is 31.8 Å². The van der Waals surface area contributed by atoms with Crippen LogP contribution in [0.5, 0.6) is 11.5 Å². The highest BCUT2D eigenvalue weighted by Crippen LogP contribution is 2.48. The van der Waals surface area contributed by atoms with E-state index in [1.165, 1.54) is 6.08 Å². The van der Waals surface area contributed by atoms with E-state index in [1.54, 1.807) is 0 Å². The first-order valence-electron chi connectivity index (χ1n) is 12.4. The van der Waals surface area contributed by atoms with Crippen LogP contribution < -0.4 is 9.47 Å². The zero-order valence-corrected chi connectivity index (χ0v) is 20.2. The molecule has 2 fully saturated rings. The molecular weight excluding hydrogens is 472 g/mol. The van der Waals surface area contributed by atoms with Crippen LogP contribution in [-0.4, -0.2) is 12.6 Å². The minimum absolute atomic E-state index is 0.00128. The maximum Gasteiger partial charge on any atom is 0.343 e. The van der Waals surface area contributed by atoms with Crippen molar-refractivity contribution in [2.45, 2.75) is 51.4 Å². The quantitative estimate of drug-likeness (QED) is 0.167.